The summed E-state index contributed by atoms with van der Waals surface area (Å²) >= 11 is 0. The highest BCUT2D eigenvalue weighted by Gasteiger charge is 2.27. The van der Waals surface area contributed by atoms with Gasteiger partial charge >= 0.3 is 5.97 Å². The van der Waals surface area contributed by atoms with Crippen LogP contribution in [0.5, 0.6) is 0 Å². The highest BCUT2D eigenvalue weighted by atomic mass is 32.2. The summed E-state index contributed by atoms with van der Waals surface area (Å²) in [5.74, 6) is -1.16. The van der Waals surface area contributed by atoms with Gasteiger partial charge in [-0.1, -0.05) is 18.6 Å². The Bertz CT molecular complexity index is 1160. The molecule has 1 atom stereocenters. The molecule has 0 saturated carbocycles. The zero-order valence-electron chi connectivity index (χ0n) is 19.4. The van der Waals surface area contributed by atoms with Gasteiger partial charge in [0.05, 0.1) is 17.0 Å². The molecule has 2 aromatic rings. The Balaban J connectivity index is 1.63. The molecule has 1 aromatic heterocycles. The summed E-state index contributed by atoms with van der Waals surface area (Å²) in [6.45, 7) is 7.36. The van der Waals surface area contributed by atoms with Crippen LogP contribution in [0.25, 0.3) is 0 Å². The van der Waals surface area contributed by atoms with Crippen molar-refractivity contribution in [3.8, 4) is 0 Å². The number of benzene rings is 1. The number of nitrogens with one attached hydrogen (secondary N) is 1. The molecule has 1 aromatic carbocycles. The minimum atomic E-state index is -3.53. The predicted octanol–water partition coefficient (Wildman–Crippen LogP) is 3.37. The summed E-state index contributed by atoms with van der Waals surface area (Å²) in [5, 5.41) is 0. The second kappa shape index (κ2) is 10.0. The van der Waals surface area contributed by atoms with Gasteiger partial charge in [0.1, 0.15) is 0 Å². The molecular weight excluding hydrogens is 444 g/mol. The zero-order chi connectivity index (χ0) is 24.3. The highest BCUT2D eigenvalue weighted by Crippen LogP contribution is 2.22. The first-order chi connectivity index (χ1) is 15.5. The number of Topliss-reactive ketones (excluding diaryl/α,β-unsaturated/α-hetero) is 2. The third-order valence-electron chi connectivity index (χ3n) is 5.94. The van der Waals surface area contributed by atoms with Crippen molar-refractivity contribution >= 4 is 27.6 Å². The van der Waals surface area contributed by atoms with E-state index in [1.165, 1.54) is 30.3 Å². The van der Waals surface area contributed by atoms with E-state index in [2.05, 4.69) is 4.98 Å². The summed E-state index contributed by atoms with van der Waals surface area (Å²) in [7, 11) is -3.53. The quantitative estimate of drug-likeness (QED) is 0.464. The fourth-order valence-electron chi connectivity index (χ4n) is 4.22. The second-order valence-electron chi connectivity index (χ2n) is 8.46. The SMILES string of the molecule is CC(=O)c1c(C)[nH]c(C(=O)C(C)OC(=O)Cc2ccc(S(=O)(=O)N3CCCCC3)cc2)c1C. The van der Waals surface area contributed by atoms with Crippen LogP contribution >= 0.6 is 0 Å². The Labute approximate surface area is 194 Å². The van der Waals surface area contributed by atoms with E-state index in [9.17, 15) is 22.8 Å². The Morgan fingerprint density at radius 1 is 1.06 bits per heavy atom. The topological polar surface area (TPSA) is 114 Å². The number of carbonyl (C=O) groups excluding carboxylic acids is 3. The van der Waals surface area contributed by atoms with Crippen LogP contribution in [0.1, 0.15) is 70.8 Å². The third kappa shape index (κ3) is 5.42. The number of ether oxygens (including phenoxy) is 1. The van der Waals surface area contributed by atoms with Gasteiger partial charge < -0.3 is 9.72 Å². The molecule has 178 valence electrons. The van der Waals surface area contributed by atoms with Crippen molar-refractivity contribution in [3.63, 3.8) is 0 Å². The number of hydrogen-bond donors (Lipinski definition) is 1. The lowest BCUT2D eigenvalue weighted by molar-refractivity contribution is -0.145. The van der Waals surface area contributed by atoms with Crippen LogP contribution in [-0.2, 0) is 26.0 Å². The number of hydrogen-bond acceptors (Lipinski definition) is 6. The van der Waals surface area contributed by atoms with E-state index in [-0.39, 0.29) is 22.8 Å². The smallest absolute Gasteiger partial charge is 0.310 e. The van der Waals surface area contributed by atoms with Crippen molar-refractivity contribution < 1.29 is 27.5 Å². The molecule has 0 aliphatic carbocycles. The van der Waals surface area contributed by atoms with E-state index >= 15 is 0 Å². The van der Waals surface area contributed by atoms with Crippen molar-refractivity contribution in [1.29, 1.82) is 0 Å². The van der Waals surface area contributed by atoms with Crippen molar-refractivity contribution in [2.75, 3.05) is 13.1 Å². The summed E-state index contributed by atoms with van der Waals surface area (Å²) in [5.41, 5.74) is 2.45. The summed E-state index contributed by atoms with van der Waals surface area (Å²) in [6.07, 6.45) is 1.63. The van der Waals surface area contributed by atoms with Crippen LogP contribution in [-0.4, -0.2) is 54.4 Å². The van der Waals surface area contributed by atoms with E-state index in [4.69, 9.17) is 4.74 Å². The molecular formula is C24H30N2O6S. The van der Waals surface area contributed by atoms with Gasteiger partial charge in [0.2, 0.25) is 15.8 Å². The number of H-pyrrole nitrogens is 1. The molecule has 0 spiro atoms. The second-order valence-corrected chi connectivity index (χ2v) is 10.4. The molecule has 1 saturated heterocycles. The molecule has 2 heterocycles. The van der Waals surface area contributed by atoms with Crippen LogP contribution in [0.15, 0.2) is 29.2 Å². The van der Waals surface area contributed by atoms with Crippen molar-refractivity contribution in [2.45, 2.75) is 64.4 Å². The van der Waals surface area contributed by atoms with Crippen LogP contribution in [0.3, 0.4) is 0 Å². The summed E-state index contributed by atoms with van der Waals surface area (Å²) < 4.78 is 32.3. The minimum absolute atomic E-state index is 0.0942. The number of nitrogens with zero attached hydrogens (tertiary/aromatic N) is 1. The minimum Gasteiger partial charge on any atom is -0.454 e. The van der Waals surface area contributed by atoms with Gasteiger partial charge in [-0.3, -0.25) is 14.4 Å². The molecule has 3 rings (SSSR count). The van der Waals surface area contributed by atoms with Gasteiger partial charge in [0, 0.05) is 24.3 Å². The first-order valence-corrected chi connectivity index (χ1v) is 12.5. The molecule has 8 nitrogen and oxygen atoms in total. The highest BCUT2D eigenvalue weighted by molar-refractivity contribution is 7.89. The first-order valence-electron chi connectivity index (χ1n) is 11.0. The molecule has 33 heavy (non-hydrogen) atoms. The van der Waals surface area contributed by atoms with Gasteiger partial charge in [-0.2, -0.15) is 4.31 Å². The lowest BCUT2D eigenvalue weighted by Crippen LogP contribution is -2.35. The normalized spacial score (nSPS) is 15.8. The van der Waals surface area contributed by atoms with E-state index in [1.54, 1.807) is 26.0 Å². The maximum atomic E-state index is 12.8. The predicted molar refractivity (Wildman–Crippen MR) is 123 cm³/mol. The maximum Gasteiger partial charge on any atom is 0.310 e. The molecule has 1 N–H and O–H groups in total. The number of rotatable bonds is 8. The number of piperidine rings is 1. The van der Waals surface area contributed by atoms with E-state index in [0.29, 0.717) is 35.5 Å². The molecule has 1 fully saturated rings. The largest absolute Gasteiger partial charge is 0.454 e. The standard InChI is InChI=1S/C24H30N2O6S/c1-15-22(17(3)27)16(2)25-23(15)24(29)18(4)32-21(28)14-19-8-10-20(11-9-19)33(30,31)26-12-6-5-7-13-26/h8-11,18,25H,5-7,12-14H2,1-4H3. The fraction of sp³-hybridized carbons (Fsp3) is 0.458. The van der Waals surface area contributed by atoms with Crippen LogP contribution < -0.4 is 0 Å². The van der Waals surface area contributed by atoms with Crippen LogP contribution in [0.2, 0.25) is 0 Å². The van der Waals surface area contributed by atoms with Crippen molar-refractivity contribution in [3.05, 3.63) is 52.3 Å². The summed E-state index contributed by atoms with van der Waals surface area (Å²) in [6, 6.07) is 6.16. The van der Waals surface area contributed by atoms with Crippen LogP contribution in [0.4, 0.5) is 0 Å². The van der Waals surface area contributed by atoms with Gasteiger partial charge in [-0.05, 0) is 63.8 Å². The monoisotopic (exact) mass is 474 g/mol. The Kier molecular flexibility index (Phi) is 7.54. The molecule has 0 bridgehead atoms. The molecule has 1 unspecified atom stereocenters. The number of esters is 1. The number of aromatic nitrogens is 1. The number of carbonyl (C=O) groups is 3. The zero-order valence-corrected chi connectivity index (χ0v) is 20.3. The van der Waals surface area contributed by atoms with Gasteiger partial charge in [0.15, 0.2) is 11.9 Å². The average Bonchev–Trinajstić information content (AvgIpc) is 3.08. The number of ketones is 2. The van der Waals surface area contributed by atoms with Crippen LogP contribution in [0, 0.1) is 13.8 Å². The number of aryl methyl sites for hydroxylation is 1. The Morgan fingerprint density at radius 2 is 1.67 bits per heavy atom. The maximum absolute atomic E-state index is 12.8. The number of sulfonamides is 1. The summed E-state index contributed by atoms with van der Waals surface area (Å²) in [4.78, 5) is 40.1. The fourth-order valence-corrected chi connectivity index (χ4v) is 5.74. The van der Waals surface area contributed by atoms with E-state index in [1.807, 2.05) is 0 Å². The average molecular weight is 475 g/mol. The third-order valence-corrected chi connectivity index (χ3v) is 7.85. The van der Waals surface area contributed by atoms with E-state index in [0.717, 1.165) is 19.3 Å². The Hall–Kier alpha value is -2.78. The lowest BCUT2D eigenvalue weighted by Gasteiger charge is -2.25. The molecule has 9 heteroatoms. The van der Waals surface area contributed by atoms with Gasteiger partial charge in [0.25, 0.3) is 0 Å². The van der Waals surface area contributed by atoms with Crippen molar-refractivity contribution in [2.24, 2.45) is 0 Å². The molecule has 0 amide bonds. The van der Waals surface area contributed by atoms with Gasteiger partial charge in [-0.25, -0.2) is 8.42 Å². The Morgan fingerprint density at radius 3 is 2.21 bits per heavy atom. The number of aromatic amines is 1. The lowest BCUT2D eigenvalue weighted by atomic mass is 10.0. The molecule has 1 aliphatic rings. The van der Waals surface area contributed by atoms with E-state index < -0.39 is 27.9 Å². The van der Waals surface area contributed by atoms with Crippen molar-refractivity contribution in [1.82, 2.24) is 9.29 Å². The molecule has 0 radical (unpaired) electrons. The van der Waals surface area contributed by atoms with Gasteiger partial charge in [-0.15, -0.1) is 0 Å². The first kappa shape index (κ1) is 24.9. The molecule has 1 aliphatic heterocycles.